The van der Waals surface area contributed by atoms with E-state index in [1.54, 1.807) is 12.1 Å². The van der Waals surface area contributed by atoms with Crippen molar-refractivity contribution < 1.29 is 9.53 Å². The third-order valence-corrected chi connectivity index (χ3v) is 2.72. The molecule has 0 amide bonds. The molecule has 0 atom stereocenters. The number of benzene rings is 2. The van der Waals surface area contributed by atoms with Gasteiger partial charge in [0.1, 0.15) is 5.75 Å². The van der Waals surface area contributed by atoms with E-state index >= 15 is 0 Å². The van der Waals surface area contributed by atoms with Crippen LogP contribution in [-0.2, 0) is 4.79 Å². The second kappa shape index (κ2) is 7.16. The second-order valence-corrected chi connectivity index (χ2v) is 6.26. The SMILES string of the molecule is O=C(CC(Cl)(Cl)Cl)Oc1cccc2ccccc12.[NaH]. The van der Waals surface area contributed by atoms with Crippen LogP contribution in [0.15, 0.2) is 42.5 Å². The van der Waals surface area contributed by atoms with Gasteiger partial charge >= 0.3 is 35.5 Å². The van der Waals surface area contributed by atoms with E-state index in [1.165, 1.54) is 0 Å². The van der Waals surface area contributed by atoms with E-state index in [0.29, 0.717) is 5.75 Å². The predicted octanol–water partition coefficient (Wildman–Crippen LogP) is 3.86. The minimum absolute atomic E-state index is 0. The first-order chi connectivity index (χ1) is 8.46. The van der Waals surface area contributed by atoms with E-state index in [0.717, 1.165) is 10.8 Å². The van der Waals surface area contributed by atoms with Gasteiger partial charge in [0.05, 0.1) is 6.42 Å². The fourth-order valence-corrected chi connectivity index (χ4v) is 1.93. The van der Waals surface area contributed by atoms with Gasteiger partial charge in [0, 0.05) is 5.39 Å². The topological polar surface area (TPSA) is 26.3 Å². The van der Waals surface area contributed by atoms with Crippen molar-refractivity contribution >= 4 is 81.1 Å². The van der Waals surface area contributed by atoms with Gasteiger partial charge in [-0.05, 0) is 11.5 Å². The third kappa shape index (κ3) is 5.14. The molecule has 96 valence electrons. The van der Waals surface area contributed by atoms with E-state index in [2.05, 4.69) is 0 Å². The fourth-order valence-electron chi connectivity index (χ4n) is 1.61. The Morgan fingerprint density at radius 2 is 1.68 bits per heavy atom. The number of hydrogen-bond acceptors (Lipinski definition) is 2. The number of carbonyl (C=O) groups excluding carboxylic acids is 1. The maximum absolute atomic E-state index is 11.6. The zero-order valence-electron chi connectivity index (χ0n) is 9.20. The number of halogens is 3. The van der Waals surface area contributed by atoms with Crippen molar-refractivity contribution in [1.29, 1.82) is 0 Å². The number of hydrogen-bond donors (Lipinski definition) is 0. The number of fused-ring (bicyclic) bond motifs is 1. The van der Waals surface area contributed by atoms with Gasteiger partial charge in [-0.25, -0.2) is 0 Å². The number of carbonyl (C=O) groups is 1. The summed E-state index contributed by atoms with van der Waals surface area (Å²) in [4.78, 5) is 11.6. The molecule has 0 saturated heterocycles. The molecule has 2 aromatic rings. The number of esters is 1. The van der Waals surface area contributed by atoms with Crippen molar-refractivity contribution in [2.75, 3.05) is 0 Å². The summed E-state index contributed by atoms with van der Waals surface area (Å²) in [7, 11) is 0. The molecule has 0 aliphatic heterocycles. The molecular formula is C13H10Cl3NaO2. The summed E-state index contributed by atoms with van der Waals surface area (Å²) in [6, 6.07) is 13.0. The van der Waals surface area contributed by atoms with Crippen LogP contribution < -0.4 is 4.74 Å². The van der Waals surface area contributed by atoms with E-state index < -0.39 is 9.76 Å². The van der Waals surface area contributed by atoms with E-state index in [-0.39, 0.29) is 36.0 Å². The number of rotatable bonds is 2. The van der Waals surface area contributed by atoms with Crippen LogP contribution in [0.4, 0.5) is 0 Å². The Morgan fingerprint density at radius 1 is 1.05 bits per heavy atom. The van der Waals surface area contributed by atoms with Gasteiger partial charge in [-0.15, -0.1) is 0 Å². The molecule has 0 fully saturated rings. The third-order valence-electron chi connectivity index (χ3n) is 2.32. The van der Waals surface area contributed by atoms with E-state index in [4.69, 9.17) is 39.5 Å². The monoisotopic (exact) mass is 326 g/mol. The molecule has 0 unspecified atom stereocenters. The average Bonchev–Trinajstić information content (AvgIpc) is 2.27. The molecule has 0 aliphatic rings. The average molecular weight is 328 g/mol. The van der Waals surface area contributed by atoms with Crippen LogP contribution in [0.25, 0.3) is 10.8 Å². The predicted molar refractivity (Wildman–Crippen MR) is 81.6 cm³/mol. The van der Waals surface area contributed by atoms with Crippen LogP contribution >= 0.6 is 34.8 Å². The Morgan fingerprint density at radius 3 is 2.37 bits per heavy atom. The van der Waals surface area contributed by atoms with E-state index in [1.807, 2.05) is 30.3 Å². The summed E-state index contributed by atoms with van der Waals surface area (Å²) < 4.78 is 3.57. The molecule has 2 aromatic carbocycles. The van der Waals surface area contributed by atoms with Gasteiger partial charge in [-0.2, -0.15) is 0 Å². The van der Waals surface area contributed by atoms with Gasteiger partial charge in [0.25, 0.3) is 0 Å². The molecule has 0 heterocycles. The second-order valence-electron chi connectivity index (χ2n) is 3.74. The summed E-state index contributed by atoms with van der Waals surface area (Å²) in [5, 5.41) is 1.83. The molecule has 0 aromatic heterocycles. The van der Waals surface area contributed by atoms with Crippen LogP contribution in [0.5, 0.6) is 5.75 Å². The number of ether oxygens (including phenoxy) is 1. The zero-order valence-corrected chi connectivity index (χ0v) is 11.5. The molecular weight excluding hydrogens is 317 g/mol. The molecule has 2 rings (SSSR count). The first-order valence-electron chi connectivity index (χ1n) is 5.21. The Hall–Kier alpha value is 0.0400. The molecule has 2 nitrogen and oxygen atoms in total. The van der Waals surface area contributed by atoms with Crippen molar-refractivity contribution in [3.63, 3.8) is 0 Å². The van der Waals surface area contributed by atoms with Gasteiger partial charge in [0.2, 0.25) is 3.79 Å². The Labute approximate surface area is 148 Å². The molecule has 0 bridgehead atoms. The maximum atomic E-state index is 11.6. The van der Waals surface area contributed by atoms with Crippen molar-refractivity contribution in [2.24, 2.45) is 0 Å². The van der Waals surface area contributed by atoms with Gasteiger partial charge in [-0.1, -0.05) is 71.2 Å². The molecule has 6 heteroatoms. The first kappa shape index (κ1) is 17.1. The van der Waals surface area contributed by atoms with Crippen molar-refractivity contribution in [3.8, 4) is 5.75 Å². The Balaban J connectivity index is 0.00000180. The molecule has 0 spiro atoms. The van der Waals surface area contributed by atoms with Crippen LogP contribution in [0.2, 0.25) is 0 Å². The van der Waals surface area contributed by atoms with Crippen LogP contribution in [0, 0.1) is 0 Å². The fraction of sp³-hybridized carbons (Fsp3) is 0.154. The van der Waals surface area contributed by atoms with Gasteiger partial charge < -0.3 is 4.74 Å². The summed E-state index contributed by atoms with van der Waals surface area (Å²) in [6.07, 6.45) is -0.291. The van der Waals surface area contributed by atoms with Crippen molar-refractivity contribution in [3.05, 3.63) is 42.5 Å². The Bertz CT molecular complexity index is 576. The zero-order chi connectivity index (χ0) is 13.2. The normalized spacial score (nSPS) is 10.9. The summed E-state index contributed by atoms with van der Waals surface area (Å²) in [5.41, 5.74) is 0. The summed E-state index contributed by atoms with van der Waals surface area (Å²) in [6.45, 7) is 0. The molecule has 19 heavy (non-hydrogen) atoms. The van der Waals surface area contributed by atoms with Crippen LogP contribution in [0.3, 0.4) is 0 Å². The molecule has 0 N–H and O–H groups in total. The van der Waals surface area contributed by atoms with Crippen molar-refractivity contribution in [2.45, 2.75) is 10.2 Å². The summed E-state index contributed by atoms with van der Waals surface area (Å²) in [5.74, 6) is -0.112. The van der Waals surface area contributed by atoms with Crippen molar-refractivity contribution in [1.82, 2.24) is 0 Å². The molecule has 0 radical (unpaired) electrons. The summed E-state index contributed by atoms with van der Waals surface area (Å²) >= 11 is 16.6. The quantitative estimate of drug-likeness (QED) is 0.362. The molecule has 0 aliphatic carbocycles. The molecule has 0 saturated carbocycles. The minimum atomic E-state index is -1.64. The standard InChI is InChI=1S/C13H9Cl3O2.Na.H/c14-13(15,16)8-12(17)18-11-7-3-5-9-4-1-2-6-10(9)11;;/h1-7H,8H2;;. The van der Waals surface area contributed by atoms with Crippen LogP contribution in [-0.4, -0.2) is 39.3 Å². The van der Waals surface area contributed by atoms with Gasteiger partial charge in [-0.3, -0.25) is 4.79 Å². The van der Waals surface area contributed by atoms with Crippen LogP contribution in [0.1, 0.15) is 6.42 Å². The van der Waals surface area contributed by atoms with Gasteiger partial charge in [0.15, 0.2) is 0 Å². The van der Waals surface area contributed by atoms with E-state index in [9.17, 15) is 4.79 Å². The first-order valence-corrected chi connectivity index (χ1v) is 6.34. The Kier molecular flexibility index (Phi) is 6.44. The number of alkyl halides is 3.